The minimum Gasteiger partial charge on any atom is -0.493 e. The molecule has 0 aliphatic carbocycles. The van der Waals surface area contributed by atoms with Gasteiger partial charge in [-0.25, -0.2) is 0 Å². The molecule has 1 fully saturated rings. The first-order valence-electron chi connectivity index (χ1n) is 17.3. The molecule has 1 aromatic heterocycles. The van der Waals surface area contributed by atoms with Gasteiger partial charge in [0.15, 0.2) is 0 Å². The third kappa shape index (κ3) is 10.4. The molecule has 0 radical (unpaired) electrons. The molecule has 0 saturated carbocycles. The van der Waals surface area contributed by atoms with E-state index >= 15 is 0 Å². The third-order valence-electron chi connectivity index (χ3n) is 9.20. The first-order chi connectivity index (χ1) is 24.7. The van der Waals surface area contributed by atoms with Crippen LogP contribution in [-0.2, 0) is 19.8 Å². The lowest BCUT2D eigenvalue weighted by Gasteiger charge is -2.27. The Labute approximate surface area is 310 Å². The highest BCUT2D eigenvalue weighted by Crippen LogP contribution is 2.38. The molecule has 4 aromatic rings. The number of aliphatic hydroxyl groups excluding tert-OH is 2. The summed E-state index contributed by atoms with van der Waals surface area (Å²) in [5.41, 5.74) is 4.61. The molecule has 11 heteroatoms. The second-order valence-electron chi connectivity index (χ2n) is 13.2. The largest absolute Gasteiger partial charge is 0.493 e. The standard InChI is InChI=1S/C40H46Cl2N4O5/c1-28-33(10-7-12-36(28)49-16-8-15-46-13-4-3-5-14-46)34-11-6-9-31(39(34)42)25-51-38-19-37(50-24-30-17-29(20-43)21-44-22-30)32(18-35(38)41)23-45-40(2,26-47)27-48/h6-7,9-12,17-19,21-22,45,47-48H,3-5,8,13-16,23-27H2,1-2H3. The van der Waals surface area contributed by atoms with E-state index in [1.165, 1.54) is 38.5 Å². The first-order valence-corrected chi connectivity index (χ1v) is 18.1. The monoisotopic (exact) mass is 732 g/mol. The van der Waals surface area contributed by atoms with E-state index in [-0.39, 0.29) is 33.0 Å². The second-order valence-corrected chi connectivity index (χ2v) is 14.0. The number of likely N-dealkylation sites (tertiary alicyclic amines) is 1. The molecule has 1 aliphatic heterocycles. The van der Waals surface area contributed by atoms with Crippen molar-refractivity contribution in [3.63, 3.8) is 0 Å². The van der Waals surface area contributed by atoms with Crippen LogP contribution >= 0.6 is 23.2 Å². The average Bonchev–Trinajstić information content (AvgIpc) is 3.16. The van der Waals surface area contributed by atoms with Crippen molar-refractivity contribution in [2.45, 2.75) is 64.8 Å². The van der Waals surface area contributed by atoms with Gasteiger partial charge >= 0.3 is 0 Å². The number of nitriles is 1. The van der Waals surface area contributed by atoms with Gasteiger partial charge in [-0.1, -0.05) is 60.0 Å². The van der Waals surface area contributed by atoms with Gasteiger partial charge in [-0.15, -0.1) is 0 Å². The number of piperidine rings is 1. The lowest BCUT2D eigenvalue weighted by Crippen LogP contribution is -2.48. The predicted molar refractivity (Wildman–Crippen MR) is 201 cm³/mol. The maximum absolute atomic E-state index is 9.79. The highest BCUT2D eigenvalue weighted by molar-refractivity contribution is 6.34. The minimum atomic E-state index is -0.914. The molecule has 9 nitrogen and oxygen atoms in total. The molecule has 51 heavy (non-hydrogen) atoms. The van der Waals surface area contributed by atoms with Crippen molar-refractivity contribution in [1.29, 1.82) is 5.26 Å². The maximum atomic E-state index is 9.79. The molecule has 0 atom stereocenters. The predicted octanol–water partition coefficient (Wildman–Crippen LogP) is 7.48. The number of rotatable bonds is 17. The van der Waals surface area contributed by atoms with Gasteiger partial charge in [-0.05, 0) is 75.5 Å². The quantitative estimate of drug-likeness (QED) is 0.0950. The van der Waals surface area contributed by atoms with E-state index in [4.69, 9.17) is 37.4 Å². The smallest absolute Gasteiger partial charge is 0.142 e. The average molecular weight is 734 g/mol. The number of nitrogens with zero attached hydrogens (tertiary/aromatic N) is 3. The van der Waals surface area contributed by atoms with Crippen LogP contribution in [0.5, 0.6) is 17.2 Å². The van der Waals surface area contributed by atoms with Gasteiger partial charge in [0.25, 0.3) is 0 Å². The molecule has 1 saturated heterocycles. The fraction of sp³-hybridized carbons (Fsp3) is 0.400. The van der Waals surface area contributed by atoms with Gasteiger partial charge in [0.05, 0.1) is 41.0 Å². The summed E-state index contributed by atoms with van der Waals surface area (Å²) in [6.45, 7) is 7.87. The molecular weight excluding hydrogens is 687 g/mol. The van der Waals surface area contributed by atoms with E-state index in [9.17, 15) is 15.5 Å². The lowest BCUT2D eigenvalue weighted by molar-refractivity contribution is 0.103. The van der Waals surface area contributed by atoms with Crippen molar-refractivity contribution < 1.29 is 24.4 Å². The van der Waals surface area contributed by atoms with Crippen molar-refractivity contribution in [2.24, 2.45) is 0 Å². The van der Waals surface area contributed by atoms with Crippen LogP contribution in [0.4, 0.5) is 0 Å². The van der Waals surface area contributed by atoms with E-state index < -0.39 is 5.54 Å². The zero-order chi connectivity index (χ0) is 36.2. The van der Waals surface area contributed by atoms with Gasteiger partial charge in [-0.3, -0.25) is 4.98 Å². The molecule has 270 valence electrons. The van der Waals surface area contributed by atoms with Crippen molar-refractivity contribution in [2.75, 3.05) is 39.5 Å². The topological polar surface area (TPSA) is 120 Å². The van der Waals surface area contributed by atoms with Gasteiger partial charge in [0, 0.05) is 53.8 Å². The maximum Gasteiger partial charge on any atom is 0.142 e. The first kappa shape index (κ1) is 38.4. The van der Waals surface area contributed by atoms with E-state index in [1.807, 2.05) is 30.3 Å². The Hall–Kier alpha value is -3.88. The summed E-state index contributed by atoms with van der Waals surface area (Å²) < 4.78 is 18.7. The Morgan fingerprint density at radius 2 is 1.63 bits per heavy atom. The summed E-state index contributed by atoms with van der Waals surface area (Å²) in [4.78, 5) is 6.64. The van der Waals surface area contributed by atoms with E-state index in [0.29, 0.717) is 44.8 Å². The van der Waals surface area contributed by atoms with Crippen LogP contribution in [0.25, 0.3) is 11.1 Å². The molecule has 0 spiro atoms. The number of nitrogens with one attached hydrogen (secondary N) is 1. The van der Waals surface area contributed by atoms with Gasteiger partial charge in [0.2, 0.25) is 0 Å². The Kier molecular flexibility index (Phi) is 14.0. The third-order valence-corrected chi connectivity index (χ3v) is 9.94. The highest BCUT2D eigenvalue weighted by atomic mass is 35.5. The number of ether oxygens (including phenoxy) is 3. The zero-order valence-electron chi connectivity index (χ0n) is 29.3. The van der Waals surface area contributed by atoms with Gasteiger partial charge < -0.3 is 34.6 Å². The summed E-state index contributed by atoms with van der Waals surface area (Å²) in [5, 5.41) is 33.0. The van der Waals surface area contributed by atoms with Gasteiger partial charge in [0.1, 0.15) is 36.5 Å². The van der Waals surface area contributed by atoms with Crippen LogP contribution in [0.15, 0.2) is 67.0 Å². The number of hydrogen-bond acceptors (Lipinski definition) is 9. The fourth-order valence-corrected chi connectivity index (χ4v) is 6.51. The number of pyridine rings is 1. The number of halogens is 2. The van der Waals surface area contributed by atoms with E-state index in [0.717, 1.165) is 41.0 Å². The summed E-state index contributed by atoms with van der Waals surface area (Å²) >= 11 is 13.8. The second kappa shape index (κ2) is 18.6. The fourth-order valence-electron chi connectivity index (χ4n) is 5.99. The van der Waals surface area contributed by atoms with Crippen molar-refractivity contribution in [3.05, 3.63) is 105 Å². The Morgan fingerprint density at radius 1 is 0.882 bits per heavy atom. The lowest BCUT2D eigenvalue weighted by atomic mass is 9.98. The highest BCUT2D eigenvalue weighted by Gasteiger charge is 2.23. The molecule has 3 aromatic carbocycles. The van der Waals surface area contributed by atoms with Gasteiger partial charge in [-0.2, -0.15) is 5.26 Å². The Balaban J connectivity index is 1.31. The Morgan fingerprint density at radius 3 is 2.39 bits per heavy atom. The molecule has 0 unspecified atom stereocenters. The molecular formula is C40H46Cl2N4O5. The number of aliphatic hydroxyl groups is 2. The number of benzene rings is 3. The van der Waals surface area contributed by atoms with Crippen LogP contribution in [0.1, 0.15) is 60.4 Å². The molecule has 1 aliphatic rings. The van der Waals surface area contributed by atoms with E-state index in [2.05, 4.69) is 34.3 Å². The SMILES string of the molecule is Cc1c(OCCCN2CCCCC2)cccc1-c1cccc(COc2cc(OCc3cncc(C#N)c3)c(CNC(C)(CO)CO)cc2Cl)c1Cl. The summed E-state index contributed by atoms with van der Waals surface area (Å²) in [7, 11) is 0. The number of aromatic nitrogens is 1. The summed E-state index contributed by atoms with van der Waals surface area (Å²) in [6.07, 6.45) is 8.02. The van der Waals surface area contributed by atoms with Crippen molar-refractivity contribution >= 4 is 23.2 Å². The van der Waals surface area contributed by atoms with Crippen LogP contribution in [0.2, 0.25) is 10.0 Å². The molecule has 2 heterocycles. The van der Waals surface area contributed by atoms with Crippen molar-refractivity contribution in [3.8, 4) is 34.4 Å². The van der Waals surface area contributed by atoms with Crippen LogP contribution in [0, 0.1) is 18.3 Å². The van der Waals surface area contributed by atoms with Crippen LogP contribution in [-0.4, -0.2) is 65.1 Å². The minimum absolute atomic E-state index is 0.141. The zero-order valence-corrected chi connectivity index (χ0v) is 30.8. The summed E-state index contributed by atoms with van der Waals surface area (Å²) in [6, 6.07) is 19.2. The van der Waals surface area contributed by atoms with Crippen LogP contribution in [0.3, 0.4) is 0 Å². The summed E-state index contributed by atoms with van der Waals surface area (Å²) in [5.74, 6) is 1.72. The molecule has 0 amide bonds. The van der Waals surface area contributed by atoms with E-state index in [1.54, 1.807) is 31.3 Å². The molecule has 0 bridgehead atoms. The number of hydrogen-bond donors (Lipinski definition) is 3. The van der Waals surface area contributed by atoms with Crippen LogP contribution < -0.4 is 19.5 Å². The molecule has 3 N–H and O–H groups in total. The normalized spacial score (nSPS) is 13.5. The Bertz CT molecular complexity index is 1800. The molecule has 5 rings (SSSR count). The van der Waals surface area contributed by atoms with Crippen molar-refractivity contribution in [1.82, 2.24) is 15.2 Å².